The average molecular weight is 278 g/mol. The fourth-order valence-electron chi connectivity index (χ4n) is 6.82. The van der Waals surface area contributed by atoms with Gasteiger partial charge in [0.25, 0.3) is 0 Å². The van der Waals surface area contributed by atoms with Gasteiger partial charge in [-0.3, -0.25) is 0 Å². The predicted molar refractivity (Wildman–Crippen MR) is 79.3 cm³/mol. The topological polar surface area (TPSA) is 40.5 Å². The molecule has 2 heteroatoms. The molecule has 114 valence electrons. The molecule has 2 nitrogen and oxygen atoms in total. The summed E-state index contributed by atoms with van der Waals surface area (Å²) < 4.78 is 0. The van der Waals surface area contributed by atoms with E-state index in [-0.39, 0.29) is 11.5 Å². The van der Waals surface area contributed by atoms with Crippen LogP contribution in [-0.2, 0) is 0 Å². The van der Waals surface area contributed by atoms with E-state index in [1.165, 1.54) is 44.9 Å². The van der Waals surface area contributed by atoms with Crippen molar-refractivity contribution >= 4 is 0 Å². The van der Waals surface area contributed by atoms with Crippen molar-refractivity contribution in [2.45, 2.75) is 89.3 Å². The molecule has 4 aliphatic carbocycles. The lowest BCUT2D eigenvalue weighted by Crippen LogP contribution is -2.61. The first-order chi connectivity index (χ1) is 9.47. The molecule has 4 saturated carbocycles. The van der Waals surface area contributed by atoms with Crippen LogP contribution < -0.4 is 0 Å². The molecule has 4 aliphatic rings. The molecule has 2 N–H and O–H groups in total. The highest BCUT2D eigenvalue weighted by Crippen LogP contribution is 2.68. The third-order valence-corrected chi connectivity index (χ3v) is 7.55. The minimum absolute atomic E-state index is 0.163. The van der Waals surface area contributed by atoms with E-state index in [2.05, 4.69) is 6.92 Å². The minimum atomic E-state index is -0.460. The van der Waals surface area contributed by atoms with Gasteiger partial charge in [-0.2, -0.15) is 0 Å². The molecule has 0 radical (unpaired) electrons. The van der Waals surface area contributed by atoms with Gasteiger partial charge >= 0.3 is 0 Å². The Morgan fingerprint density at radius 1 is 0.900 bits per heavy atom. The normalized spacial score (nSPS) is 53.9. The van der Waals surface area contributed by atoms with E-state index >= 15 is 0 Å². The first kappa shape index (κ1) is 13.6. The molecule has 0 saturated heterocycles. The predicted octanol–water partition coefficient (Wildman–Crippen LogP) is 3.65. The van der Waals surface area contributed by atoms with Crippen LogP contribution in [0.15, 0.2) is 0 Å². The van der Waals surface area contributed by atoms with Crippen LogP contribution >= 0.6 is 0 Å². The highest BCUT2D eigenvalue weighted by atomic mass is 16.3. The molecular formula is C18H30O2. The molecule has 5 unspecified atom stereocenters. The molecule has 5 atom stereocenters. The summed E-state index contributed by atoms with van der Waals surface area (Å²) in [6.45, 7) is 2.30. The summed E-state index contributed by atoms with van der Waals surface area (Å²) in [7, 11) is 0. The van der Waals surface area contributed by atoms with Crippen molar-refractivity contribution < 1.29 is 10.2 Å². The summed E-state index contributed by atoms with van der Waals surface area (Å²) >= 11 is 0. The summed E-state index contributed by atoms with van der Waals surface area (Å²) in [5, 5.41) is 22.2. The lowest BCUT2D eigenvalue weighted by atomic mass is 9.44. The smallest absolute Gasteiger partial charge is 0.0685 e. The van der Waals surface area contributed by atoms with Crippen molar-refractivity contribution in [3.8, 4) is 0 Å². The van der Waals surface area contributed by atoms with E-state index in [0.29, 0.717) is 17.3 Å². The molecule has 0 heterocycles. The van der Waals surface area contributed by atoms with Crippen molar-refractivity contribution in [3.63, 3.8) is 0 Å². The van der Waals surface area contributed by atoms with Gasteiger partial charge in [-0.15, -0.1) is 0 Å². The Hall–Kier alpha value is -0.0800. The Morgan fingerprint density at radius 3 is 2.40 bits per heavy atom. The van der Waals surface area contributed by atoms with Crippen molar-refractivity contribution in [1.29, 1.82) is 0 Å². The first-order valence-electron chi connectivity index (χ1n) is 8.87. The maximum absolute atomic E-state index is 11.3. The van der Waals surface area contributed by atoms with Crippen LogP contribution in [-0.4, -0.2) is 21.9 Å². The number of hydrogen-bond donors (Lipinski definition) is 2. The number of rotatable bonds is 0. The molecule has 4 fully saturated rings. The molecule has 0 aromatic heterocycles. The number of fused-ring (bicyclic) bond motifs is 5. The monoisotopic (exact) mass is 278 g/mol. The van der Waals surface area contributed by atoms with Crippen molar-refractivity contribution in [2.24, 2.45) is 22.7 Å². The Labute approximate surface area is 123 Å². The summed E-state index contributed by atoms with van der Waals surface area (Å²) in [5.74, 6) is 0.783. The van der Waals surface area contributed by atoms with E-state index in [4.69, 9.17) is 0 Å². The highest BCUT2D eigenvalue weighted by Gasteiger charge is 2.65. The third-order valence-electron chi connectivity index (χ3n) is 7.55. The van der Waals surface area contributed by atoms with Crippen LogP contribution in [0.5, 0.6) is 0 Å². The lowest BCUT2D eigenvalue weighted by molar-refractivity contribution is -0.202. The van der Waals surface area contributed by atoms with Crippen molar-refractivity contribution in [1.82, 2.24) is 0 Å². The van der Waals surface area contributed by atoms with Gasteiger partial charge in [0.1, 0.15) is 0 Å². The van der Waals surface area contributed by atoms with Crippen LogP contribution in [0.1, 0.15) is 77.6 Å². The quantitative estimate of drug-likeness (QED) is 0.710. The van der Waals surface area contributed by atoms with Gasteiger partial charge in [0.05, 0.1) is 11.7 Å². The van der Waals surface area contributed by atoms with Gasteiger partial charge in [0, 0.05) is 0 Å². The second-order valence-electron chi connectivity index (χ2n) is 8.98. The fourth-order valence-corrected chi connectivity index (χ4v) is 6.82. The lowest BCUT2D eigenvalue weighted by Gasteiger charge is -2.62. The van der Waals surface area contributed by atoms with Crippen LogP contribution in [0.4, 0.5) is 0 Å². The highest BCUT2D eigenvalue weighted by molar-refractivity contribution is 5.15. The van der Waals surface area contributed by atoms with Crippen LogP contribution in [0.3, 0.4) is 0 Å². The molecule has 20 heavy (non-hydrogen) atoms. The number of aliphatic hydroxyl groups excluding tert-OH is 1. The maximum atomic E-state index is 11.3. The first-order valence-corrected chi connectivity index (χ1v) is 8.87. The molecule has 4 rings (SSSR count). The van der Waals surface area contributed by atoms with Gasteiger partial charge in [-0.1, -0.05) is 32.6 Å². The summed E-state index contributed by atoms with van der Waals surface area (Å²) in [6, 6.07) is 0. The van der Waals surface area contributed by atoms with Crippen LogP contribution in [0.2, 0.25) is 0 Å². The molecule has 0 aliphatic heterocycles. The second kappa shape index (κ2) is 4.23. The van der Waals surface area contributed by atoms with Crippen LogP contribution in [0.25, 0.3) is 0 Å². The Morgan fingerprint density at radius 2 is 1.65 bits per heavy atom. The standard InChI is InChI=1S/C18H30O2/c1-16-6-5-9-18(20,12-16)13-10-17(7-3-2-4-8-17)15(13)14(19)11-16/h13-15,19-20H,2-12H2,1H3. The fraction of sp³-hybridized carbons (Fsp3) is 1.00. The van der Waals surface area contributed by atoms with Gasteiger partial charge in [0.2, 0.25) is 0 Å². The van der Waals surface area contributed by atoms with Gasteiger partial charge < -0.3 is 10.2 Å². The van der Waals surface area contributed by atoms with Crippen molar-refractivity contribution in [2.75, 3.05) is 0 Å². The zero-order valence-electron chi connectivity index (χ0n) is 12.9. The molecular weight excluding hydrogens is 248 g/mol. The summed E-state index contributed by atoms with van der Waals surface area (Å²) in [4.78, 5) is 0. The van der Waals surface area contributed by atoms with E-state index < -0.39 is 5.60 Å². The van der Waals surface area contributed by atoms with E-state index in [0.717, 1.165) is 25.7 Å². The Bertz CT molecular complexity index is 400. The minimum Gasteiger partial charge on any atom is -0.393 e. The third kappa shape index (κ3) is 1.76. The molecule has 1 spiro atoms. The molecule has 0 aromatic carbocycles. The SMILES string of the molecule is CC12CCCC(O)(C1)C1CC3(CCCCC3)C1C(O)C2. The van der Waals surface area contributed by atoms with Crippen LogP contribution in [0, 0.1) is 22.7 Å². The van der Waals surface area contributed by atoms with Gasteiger partial charge in [-0.05, 0) is 67.6 Å². The Balaban J connectivity index is 1.68. The summed E-state index contributed by atoms with van der Waals surface area (Å²) in [5.41, 5.74) is 0.114. The van der Waals surface area contributed by atoms with E-state index in [1.54, 1.807) is 0 Å². The molecule has 0 aromatic rings. The number of hydrogen-bond acceptors (Lipinski definition) is 2. The molecule has 2 bridgehead atoms. The average Bonchev–Trinajstić information content (AvgIpc) is 2.40. The number of aliphatic hydroxyl groups is 2. The maximum Gasteiger partial charge on any atom is 0.0685 e. The van der Waals surface area contributed by atoms with Crippen molar-refractivity contribution in [3.05, 3.63) is 0 Å². The van der Waals surface area contributed by atoms with E-state index in [9.17, 15) is 10.2 Å². The van der Waals surface area contributed by atoms with Gasteiger partial charge in [0.15, 0.2) is 0 Å². The second-order valence-corrected chi connectivity index (χ2v) is 8.98. The molecule has 0 amide bonds. The Kier molecular flexibility index (Phi) is 2.87. The summed E-state index contributed by atoms with van der Waals surface area (Å²) in [6.07, 6.45) is 12.9. The van der Waals surface area contributed by atoms with E-state index in [1.807, 2.05) is 0 Å². The zero-order valence-corrected chi connectivity index (χ0v) is 12.9. The zero-order chi connectivity index (χ0) is 14.0. The van der Waals surface area contributed by atoms with Gasteiger partial charge in [-0.25, -0.2) is 0 Å². The largest absolute Gasteiger partial charge is 0.393 e.